The molecule has 1 aliphatic carbocycles. The van der Waals surface area contributed by atoms with Crippen LogP contribution in [0.2, 0.25) is 0 Å². The van der Waals surface area contributed by atoms with Crippen LogP contribution in [0.4, 0.5) is 0 Å². The molecule has 1 aliphatic rings. The molecule has 0 saturated heterocycles. The number of rotatable bonds is 4. The first kappa shape index (κ1) is 13.0. The molecular formula is C14H20N2O2. The maximum absolute atomic E-state index is 11.5. The van der Waals surface area contributed by atoms with Gasteiger partial charge in [0.2, 0.25) is 0 Å². The average molecular weight is 248 g/mol. The minimum atomic E-state index is -0.760. The van der Waals surface area contributed by atoms with Crippen LogP contribution < -0.4 is 5.32 Å². The minimum Gasteiger partial charge on any atom is -0.480 e. The summed E-state index contributed by atoms with van der Waals surface area (Å²) in [4.78, 5) is 15.7. The second-order valence-electron chi connectivity index (χ2n) is 5.24. The molecule has 1 aromatic rings. The minimum absolute atomic E-state index is 0.515. The first-order chi connectivity index (χ1) is 8.62. The van der Waals surface area contributed by atoms with Crippen LogP contribution in [-0.2, 0) is 11.3 Å². The fourth-order valence-corrected chi connectivity index (χ4v) is 2.48. The molecule has 0 amide bonds. The average Bonchev–Trinajstić information content (AvgIpc) is 2.39. The number of nitrogens with zero attached hydrogens (tertiary/aromatic N) is 1. The summed E-state index contributed by atoms with van der Waals surface area (Å²) in [5.41, 5.74) is 0.126. The highest BCUT2D eigenvalue weighted by molar-refractivity contribution is 5.78. The van der Waals surface area contributed by atoms with Crippen molar-refractivity contribution in [3.63, 3.8) is 0 Å². The normalized spacial score (nSPS) is 27.9. The number of hydrogen-bond donors (Lipinski definition) is 2. The lowest BCUT2D eigenvalue weighted by Crippen LogP contribution is -2.53. The van der Waals surface area contributed by atoms with E-state index in [-0.39, 0.29) is 0 Å². The quantitative estimate of drug-likeness (QED) is 0.857. The zero-order valence-electron chi connectivity index (χ0n) is 10.7. The molecular weight excluding hydrogens is 228 g/mol. The summed E-state index contributed by atoms with van der Waals surface area (Å²) < 4.78 is 0. The van der Waals surface area contributed by atoms with Gasteiger partial charge >= 0.3 is 5.97 Å². The van der Waals surface area contributed by atoms with Crippen molar-refractivity contribution >= 4 is 5.97 Å². The first-order valence-electron chi connectivity index (χ1n) is 6.51. The molecule has 0 bridgehead atoms. The lowest BCUT2D eigenvalue weighted by atomic mass is 9.77. The van der Waals surface area contributed by atoms with Crippen molar-refractivity contribution < 1.29 is 9.90 Å². The molecule has 0 atom stereocenters. The number of carboxylic acid groups (broad SMARTS) is 1. The van der Waals surface area contributed by atoms with Crippen LogP contribution in [0.15, 0.2) is 24.4 Å². The smallest absolute Gasteiger partial charge is 0.323 e. The Bertz CT molecular complexity index is 398. The molecule has 0 aliphatic heterocycles. The number of carboxylic acids is 1. The van der Waals surface area contributed by atoms with E-state index in [4.69, 9.17) is 0 Å². The molecule has 1 fully saturated rings. The SMILES string of the molecule is CC1CCC(NCc2ccccn2)(C(=O)O)CC1. The van der Waals surface area contributed by atoms with E-state index in [0.29, 0.717) is 25.3 Å². The number of pyridine rings is 1. The van der Waals surface area contributed by atoms with Crippen molar-refractivity contribution in [2.24, 2.45) is 5.92 Å². The van der Waals surface area contributed by atoms with Crippen molar-refractivity contribution in [2.75, 3.05) is 0 Å². The molecule has 2 N–H and O–H groups in total. The van der Waals surface area contributed by atoms with Crippen LogP contribution >= 0.6 is 0 Å². The maximum atomic E-state index is 11.5. The fourth-order valence-electron chi connectivity index (χ4n) is 2.48. The van der Waals surface area contributed by atoms with Gasteiger partial charge < -0.3 is 5.11 Å². The summed E-state index contributed by atoms with van der Waals surface area (Å²) in [5.74, 6) is -0.0977. The summed E-state index contributed by atoms with van der Waals surface area (Å²) in [5, 5.41) is 12.7. The third kappa shape index (κ3) is 2.88. The second kappa shape index (κ2) is 5.48. The van der Waals surface area contributed by atoms with Gasteiger partial charge in [-0.15, -0.1) is 0 Å². The molecule has 2 rings (SSSR count). The van der Waals surface area contributed by atoms with Crippen LogP contribution in [0.25, 0.3) is 0 Å². The lowest BCUT2D eigenvalue weighted by Gasteiger charge is -2.36. The zero-order valence-corrected chi connectivity index (χ0v) is 10.7. The predicted molar refractivity (Wildman–Crippen MR) is 69.1 cm³/mol. The Labute approximate surface area is 107 Å². The summed E-state index contributed by atoms with van der Waals surface area (Å²) in [6, 6.07) is 5.69. The number of aromatic nitrogens is 1. The van der Waals surface area contributed by atoms with Gasteiger partial charge in [-0.3, -0.25) is 15.1 Å². The number of aliphatic carboxylic acids is 1. The predicted octanol–water partition coefficient (Wildman–Crippen LogP) is 2.20. The van der Waals surface area contributed by atoms with Crippen LogP contribution in [0.5, 0.6) is 0 Å². The Morgan fingerprint density at radius 1 is 1.50 bits per heavy atom. The van der Waals surface area contributed by atoms with Crippen molar-refractivity contribution in [1.82, 2.24) is 10.3 Å². The number of carbonyl (C=O) groups is 1. The molecule has 1 aromatic heterocycles. The van der Waals surface area contributed by atoms with Crippen LogP contribution in [0.3, 0.4) is 0 Å². The zero-order chi connectivity index (χ0) is 13.0. The second-order valence-corrected chi connectivity index (χ2v) is 5.24. The summed E-state index contributed by atoms with van der Waals surface area (Å²) in [6.07, 6.45) is 5.09. The maximum Gasteiger partial charge on any atom is 0.323 e. The highest BCUT2D eigenvalue weighted by Crippen LogP contribution is 2.32. The summed E-state index contributed by atoms with van der Waals surface area (Å²) in [6.45, 7) is 2.70. The highest BCUT2D eigenvalue weighted by atomic mass is 16.4. The monoisotopic (exact) mass is 248 g/mol. The molecule has 4 nitrogen and oxygen atoms in total. The van der Waals surface area contributed by atoms with Gasteiger partial charge in [0.25, 0.3) is 0 Å². The van der Waals surface area contributed by atoms with E-state index in [1.807, 2.05) is 18.2 Å². The van der Waals surface area contributed by atoms with Gasteiger partial charge in [0, 0.05) is 12.7 Å². The summed E-state index contributed by atoms with van der Waals surface area (Å²) in [7, 11) is 0. The van der Waals surface area contributed by atoms with Gasteiger partial charge in [0.1, 0.15) is 5.54 Å². The molecule has 0 radical (unpaired) electrons. The Morgan fingerprint density at radius 2 is 2.22 bits per heavy atom. The van der Waals surface area contributed by atoms with Crippen LogP contribution in [0.1, 0.15) is 38.3 Å². The first-order valence-corrected chi connectivity index (χ1v) is 6.51. The highest BCUT2D eigenvalue weighted by Gasteiger charge is 2.40. The van der Waals surface area contributed by atoms with Gasteiger partial charge in [-0.05, 0) is 43.7 Å². The Hall–Kier alpha value is -1.42. The number of nitrogens with one attached hydrogen (secondary N) is 1. The van der Waals surface area contributed by atoms with Crippen LogP contribution in [0, 0.1) is 5.92 Å². The standard InChI is InChI=1S/C14H20N2O2/c1-11-5-7-14(8-6-11,13(17)18)16-10-12-4-2-3-9-15-12/h2-4,9,11,16H,5-8,10H2,1H3,(H,17,18). The third-order valence-corrected chi connectivity index (χ3v) is 3.87. The molecule has 98 valence electrons. The Kier molecular flexibility index (Phi) is 3.97. The molecule has 4 heteroatoms. The number of hydrogen-bond acceptors (Lipinski definition) is 3. The molecule has 1 saturated carbocycles. The van der Waals surface area contributed by atoms with Crippen molar-refractivity contribution in [2.45, 2.75) is 44.7 Å². The van der Waals surface area contributed by atoms with E-state index < -0.39 is 11.5 Å². The fraction of sp³-hybridized carbons (Fsp3) is 0.571. The Balaban J connectivity index is 2.01. The van der Waals surface area contributed by atoms with Gasteiger partial charge in [-0.1, -0.05) is 13.0 Å². The van der Waals surface area contributed by atoms with Gasteiger partial charge in [0.15, 0.2) is 0 Å². The topological polar surface area (TPSA) is 62.2 Å². The van der Waals surface area contributed by atoms with Gasteiger partial charge in [-0.2, -0.15) is 0 Å². The van der Waals surface area contributed by atoms with Crippen LogP contribution in [-0.4, -0.2) is 21.6 Å². The van der Waals surface area contributed by atoms with E-state index in [1.54, 1.807) is 6.20 Å². The molecule has 0 aromatic carbocycles. The van der Waals surface area contributed by atoms with Gasteiger partial charge in [-0.25, -0.2) is 0 Å². The van der Waals surface area contributed by atoms with E-state index in [1.165, 1.54) is 0 Å². The van der Waals surface area contributed by atoms with E-state index >= 15 is 0 Å². The third-order valence-electron chi connectivity index (χ3n) is 3.87. The van der Waals surface area contributed by atoms with E-state index in [2.05, 4.69) is 17.2 Å². The van der Waals surface area contributed by atoms with Crippen molar-refractivity contribution in [3.8, 4) is 0 Å². The Morgan fingerprint density at radius 3 is 2.78 bits per heavy atom. The van der Waals surface area contributed by atoms with E-state index in [0.717, 1.165) is 18.5 Å². The van der Waals surface area contributed by atoms with Crippen molar-refractivity contribution in [3.05, 3.63) is 30.1 Å². The molecule has 0 unspecified atom stereocenters. The summed E-state index contributed by atoms with van der Waals surface area (Å²) >= 11 is 0. The van der Waals surface area contributed by atoms with Gasteiger partial charge in [0.05, 0.1) is 5.69 Å². The molecule has 18 heavy (non-hydrogen) atoms. The van der Waals surface area contributed by atoms with E-state index in [9.17, 15) is 9.90 Å². The largest absolute Gasteiger partial charge is 0.480 e. The van der Waals surface area contributed by atoms with Crippen molar-refractivity contribution in [1.29, 1.82) is 0 Å². The lowest BCUT2D eigenvalue weighted by molar-refractivity contribution is -0.146. The molecule has 1 heterocycles. The molecule has 0 spiro atoms.